The molecule has 24 heavy (non-hydrogen) atoms. The van der Waals surface area contributed by atoms with Crippen molar-refractivity contribution in [3.05, 3.63) is 48.2 Å². The highest BCUT2D eigenvalue weighted by molar-refractivity contribution is 5.39. The molecule has 2 aromatic rings. The van der Waals surface area contributed by atoms with E-state index in [1.54, 1.807) is 12.4 Å². The highest BCUT2D eigenvalue weighted by Gasteiger charge is 2.20. The van der Waals surface area contributed by atoms with Crippen molar-refractivity contribution in [3.63, 3.8) is 0 Å². The van der Waals surface area contributed by atoms with Crippen LogP contribution in [0.15, 0.2) is 36.9 Å². The van der Waals surface area contributed by atoms with Crippen molar-refractivity contribution >= 4 is 5.82 Å². The molecule has 0 amide bonds. The summed E-state index contributed by atoms with van der Waals surface area (Å²) >= 11 is 0. The van der Waals surface area contributed by atoms with E-state index in [9.17, 15) is 0 Å². The van der Waals surface area contributed by atoms with Crippen LogP contribution in [-0.2, 0) is 17.7 Å². The van der Waals surface area contributed by atoms with Crippen molar-refractivity contribution in [3.8, 4) is 0 Å². The summed E-state index contributed by atoms with van der Waals surface area (Å²) in [6.07, 6.45) is 9.48. The van der Waals surface area contributed by atoms with Gasteiger partial charge in [0.05, 0.1) is 18.4 Å². The third kappa shape index (κ3) is 4.72. The van der Waals surface area contributed by atoms with Gasteiger partial charge in [-0.15, -0.1) is 0 Å². The molecule has 1 fully saturated rings. The average Bonchev–Trinajstić information content (AvgIpc) is 2.61. The molecule has 0 aliphatic carbocycles. The number of hydrogen-bond donors (Lipinski definition) is 0. The predicted octanol–water partition coefficient (Wildman–Crippen LogP) is 1.77. The van der Waals surface area contributed by atoms with Crippen molar-refractivity contribution in [2.45, 2.75) is 25.5 Å². The molecule has 3 rings (SSSR count). The summed E-state index contributed by atoms with van der Waals surface area (Å²) in [7, 11) is 4.03. The topological polar surface area (TPSA) is 54.4 Å². The van der Waals surface area contributed by atoms with Gasteiger partial charge in [0.1, 0.15) is 5.82 Å². The third-order valence-electron chi connectivity index (χ3n) is 4.25. The van der Waals surface area contributed by atoms with E-state index >= 15 is 0 Å². The number of hydrogen-bond acceptors (Lipinski definition) is 6. The number of aromatic nitrogens is 3. The Kier molecular flexibility index (Phi) is 5.72. The Hall–Kier alpha value is -2.05. The quantitative estimate of drug-likeness (QED) is 0.806. The predicted molar refractivity (Wildman–Crippen MR) is 93.9 cm³/mol. The van der Waals surface area contributed by atoms with Crippen LogP contribution in [0.5, 0.6) is 0 Å². The van der Waals surface area contributed by atoms with Gasteiger partial charge in [0.15, 0.2) is 0 Å². The molecule has 1 saturated heterocycles. The van der Waals surface area contributed by atoms with Crippen LogP contribution in [0.3, 0.4) is 0 Å². The Morgan fingerprint density at radius 1 is 1.25 bits per heavy atom. The van der Waals surface area contributed by atoms with Gasteiger partial charge in [0.2, 0.25) is 0 Å². The molecule has 0 aromatic carbocycles. The van der Waals surface area contributed by atoms with Gasteiger partial charge in [0, 0.05) is 58.5 Å². The van der Waals surface area contributed by atoms with Crippen molar-refractivity contribution in [1.29, 1.82) is 0 Å². The summed E-state index contributed by atoms with van der Waals surface area (Å²) < 4.78 is 5.94. The standard InChI is InChI=1S/C18H25N5O/c1-22(2)18-11-15(5-6-21-18)3-4-17-14-23(9-10-24-17)13-16-12-19-7-8-20-16/h5-8,11-12,17H,3-4,9-10,13-14H2,1-2H3. The Balaban J connectivity index is 1.51. The molecule has 0 saturated carbocycles. The zero-order valence-corrected chi connectivity index (χ0v) is 14.4. The van der Waals surface area contributed by atoms with Crippen molar-refractivity contribution in [2.24, 2.45) is 0 Å². The fourth-order valence-electron chi connectivity index (χ4n) is 2.93. The normalized spacial score (nSPS) is 18.5. The van der Waals surface area contributed by atoms with Crippen molar-refractivity contribution in [1.82, 2.24) is 19.9 Å². The number of nitrogens with zero attached hydrogens (tertiary/aromatic N) is 5. The molecule has 1 aliphatic rings. The molecule has 2 aromatic heterocycles. The minimum atomic E-state index is 0.270. The molecule has 128 valence electrons. The zero-order chi connectivity index (χ0) is 16.8. The fraction of sp³-hybridized carbons (Fsp3) is 0.500. The molecule has 6 heteroatoms. The fourth-order valence-corrected chi connectivity index (χ4v) is 2.93. The second kappa shape index (κ2) is 8.17. The Morgan fingerprint density at radius 2 is 2.17 bits per heavy atom. The van der Waals surface area contributed by atoms with Crippen LogP contribution in [0.25, 0.3) is 0 Å². The molecular weight excluding hydrogens is 302 g/mol. The summed E-state index contributed by atoms with van der Waals surface area (Å²) in [4.78, 5) is 17.3. The molecule has 3 heterocycles. The number of pyridine rings is 1. The average molecular weight is 327 g/mol. The Bertz CT molecular complexity index is 634. The maximum Gasteiger partial charge on any atom is 0.128 e. The van der Waals surface area contributed by atoms with Gasteiger partial charge < -0.3 is 9.64 Å². The number of anilines is 1. The zero-order valence-electron chi connectivity index (χ0n) is 14.4. The lowest BCUT2D eigenvalue weighted by molar-refractivity contribution is -0.0349. The lowest BCUT2D eigenvalue weighted by atomic mass is 10.1. The second-order valence-electron chi connectivity index (χ2n) is 6.38. The molecule has 1 unspecified atom stereocenters. The molecule has 0 N–H and O–H groups in total. The van der Waals surface area contributed by atoms with Crippen LogP contribution in [0.4, 0.5) is 5.82 Å². The lowest BCUT2D eigenvalue weighted by Crippen LogP contribution is -2.42. The summed E-state index contributed by atoms with van der Waals surface area (Å²) in [6.45, 7) is 3.52. The molecule has 1 aliphatic heterocycles. The number of morpholine rings is 1. The molecule has 6 nitrogen and oxygen atoms in total. The largest absolute Gasteiger partial charge is 0.376 e. The summed E-state index contributed by atoms with van der Waals surface area (Å²) in [6, 6.07) is 4.24. The number of aryl methyl sites for hydroxylation is 1. The number of rotatable bonds is 6. The lowest BCUT2D eigenvalue weighted by Gasteiger charge is -2.32. The highest BCUT2D eigenvalue weighted by atomic mass is 16.5. The van der Waals surface area contributed by atoms with Crippen LogP contribution in [-0.4, -0.2) is 59.7 Å². The SMILES string of the molecule is CN(C)c1cc(CCC2CN(Cc3cnccn3)CCO2)ccn1. The molecule has 0 bridgehead atoms. The Morgan fingerprint density at radius 3 is 2.96 bits per heavy atom. The second-order valence-corrected chi connectivity index (χ2v) is 6.38. The minimum absolute atomic E-state index is 0.270. The highest BCUT2D eigenvalue weighted by Crippen LogP contribution is 2.16. The van der Waals surface area contributed by atoms with Crippen LogP contribution >= 0.6 is 0 Å². The van der Waals surface area contributed by atoms with Gasteiger partial charge in [-0.1, -0.05) is 0 Å². The molecular formula is C18H25N5O. The maximum atomic E-state index is 5.94. The van der Waals surface area contributed by atoms with Gasteiger partial charge >= 0.3 is 0 Å². The van der Waals surface area contributed by atoms with E-state index in [1.807, 2.05) is 31.4 Å². The minimum Gasteiger partial charge on any atom is -0.376 e. The van der Waals surface area contributed by atoms with E-state index in [2.05, 4.69) is 32.0 Å². The van der Waals surface area contributed by atoms with Crippen molar-refractivity contribution in [2.75, 3.05) is 38.7 Å². The summed E-state index contributed by atoms with van der Waals surface area (Å²) in [5, 5.41) is 0. The monoisotopic (exact) mass is 327 g/mol. The van der Waals surface area contributed by atoms with Gasteiger partial charge in [-0.3, -0.25) is 14.9 Å². The summed E-state index contributed by atoms with van der Waals surface area (Å²) in [5.41, 5.74) is 2.33. The van der Waals surface area contributed by atoms with Crippen molar-refractivity contribution < 1.29 is 4.74 Å². The first kappa shape index (κ1) is 16.8. The van der Waals surface area contributed by atoms with Crippen LogP contribution in [0.2, 0.25) is 0 Å². The molecule has 0 spiro atoms. The van der Waals surface area contributed by atoms with E-state index < -0.39 is 0 Å². The third-order valence-corrected chi connectivity index (χ3v) is 4.25. The molecule has 1 atom stereocenters. The van der Waals surface area contributed by atoms with Gasteiger partial charge in [-0.25, -0.2) is 4.98 Å². The molecule has 0 radical (unpaired) electrons. The van der Waals surface area contributed by atoms with E-state index in [0.29, 0.717) is 0 Å². The van der Waals surface area contributed by atoms with E-state index in [4.69, 9.17) is 4.74 Å². The summed E-state index contributed by atoms with van der Waals surface area (Å²) in [5.74, 6) is 1.00. The van der Waals surface area contributed by atoms with Crippen LogP contribution < -0.4 is 4.90 Å². The van der Waals surface area contributed by atoms with Gasteiger partial charge in [-0.05, 0) is 30.5 Å². The van der Waals surface area contributed by atoms with Crippen LogP contribution in [0.1, 0.15) is 17.7 Å². The van der Waals surface area contributed by atoms with E-state index in [-0.39, 0.29) is 6.10 Å². The first-order chi connectivity index (χ1) is 11.7. The van der Waals surface area contributed by atoms with Gasteiger partial charge in [-0.2, -0.15) is 0 Å². The van der Waals surface area contributed by atoms with Crippen LogP contribution in [0, 0.1) is 0 Å². The Labute approximate surface area is 143 Å². The van der Waals surface area contributed by atoms with E-state index in [1.165, 1.54) is 5.56 Å². The van der Waals surface area contributed by atoms with E-state index in [0.717, 1.165) is 50.6 Å². The first-order valence-corrected chi connectivity index (χ1v) is 8.42. The first-order valence-electron chi connectivity index (χ1n) is 8.42. The van der Waals surface area contributed by atoms with Gasteiger partial charge in [0.25, 0.3) is 0 Å². The number of ether oxygens (including phenoxy) is 1. The maximum absolute atomic E-state index is 5.94. The smallest absolute Gasteiger partial charge is 0.128 e.